The molecule has 0 spiro atoms. The lowest BCUT2D eigenvalue weighted by molar-refractivity contribution is 0.102. The number of carbonyl (C=O) groups is 1. The smallest absolute Gasteiger partial charge is 0.259 e. The number of carbonyl (C=O) groups excluding carboxylic acids is 1. The van der Waals surface area contributed by atoms with E-state index in [9.17, 15) is 9.18 Å². The molecule has 0 saturated carbocycles. The second-order valence-electron chi connectivity index (χ2n) is 3.13. The molecule has 2 aromatic rings. The molecule has 0 aliphatic rings. The van der Waals surface area contributed by atoms with E-state index >= 15 is 0 Å². The van der Waals surface area contributed by atoms with Crippen molar-refractivity contribution in [3.63, 3.8) is 0 Å². The average molecular weight is 221 g/mol. The first kappa shape index (κ1) is 10.3. The molecule has 16 heavy (non-hydrogen) atoms. The van der Waals surface area contributed by atoms with Gasteiger partial charge >= 0.3 is 0 Å². The maximum atomic E-state index is 13.2. The van der Waals surface area contributed by atoms with E-state index in [4.69, 9.17) is 4.52 Å². The van der Waals surface area contributed by atoms with Crippen LogP contribution in [0, 0.1) is 12.7 Å². The fraction of sp³-hybridized carbons (Fsp3) is 0.100. The molecule has 5 nitrogen and oxygen atoms in total. The standard InChI is InChI=1S/C10H8FN3O2/c1-6-4-9(14-16-6)13-10(15)7-2-3-12-5-8(7)11/h2-5H,1H3,(H,13,14,15). The molecule has 2 rings (SSSR count). The van der Waals surface area contributed by atoms with Gasteiger partial charge in [-0.15, -0.1) is 0 Å². The summed E-state index contributed by atoms with van der Waals surface area (Å²) >= 11 is 0. The van der Waals surface area contributed by atoms with Crippen LogP contribution in [-0.2, 0) is 0 Å². The van der Waals surface area contributed by atoms with Gasteiger partial charge in [0, 0.05) is 12.3 Å². The molecule has 0 unspecified atom stereocenters. The molecular formula is C10H8FN3O2. The van der Waals surface area contributed by atoms with Gasteiger partial charge in [0.1, 0.15) is 5.76 Å². The predicted octanol–water partition coefficient (Wildman–Crippen LogP) is 1.77. The van der Waals surface area contributed by atoms with E-state index in [0.29, 0.717) is 5.76 Å². The van der Waals surface area contributed by atoms with Crippen molar-refractivity contribution in [1.29, 1.82) is 0 Å². The van der Waals surface area contributed by atoms with Gasteiger partial charge in [-0.2, -0.15) is 0 Å². The molecule has 2 aromatic heterocycles. The molecule has 0 aliphatic heterocycles. The van der Waals surface area contributed by atoms with Gasteiger partial charge < -0.3 is 9.84 Å². The van der Waals surface area contributed by atoms with Crippen molar-refractivity contribution in [2.75, 3.05) is 5.32 Å². The molecule has 2 heterocycles. The van der Waals surface area contributed by atoms with Gasteiger partial charge in [0.15, 0.2) is 11.6 Å². The third-order valence-corrected chi connectivity index (χ3v) is 1.89. The Morgan fingerprint density at radius 3 is 3.00 bits per heavy atom. The Hall–Kier alpha value is -2.24. The van der Waals surface area contributed by atoms with Crippen LogP contribution in [0.4, 0.5) is 10.2 Å². The molecule has 0 radical (unpaired) electrons. The summed E-state index contributed by atoms with van der Waals surface area (Å²) in [7, 11) is 0. The quantitative estimate of drug-likeness (QED) is 0.839. The Balaban J connectivity index is 2.18. The van der Waals surface area contributed by atoms with Crippen LogP contribution in [0.25, 0.3) is 0 Å². The minimum atomic E-state index is -0.680. The minimum Gasteiger partial charge on any atom is -0.360 e. The third-order valence-electron chi connectivity index (χ3n) is 1.89. The van der Waals surface area contributed by atoms with Crippen LogP contribution in [0.1, 0.15) is 16.1 Å². The van der Waals surface area contributed by atoms with Crippen molar-refractivity contribution in [1.82, 2.24) is 10.1 Å². The van der Waals surface area contributed by atoms with E-state index in [1.165, 1.54) is 18.3 Å². The normalized spacial score (nSPS) is 10.1. The molecule has 0 bridgehead atoms. The molecule has 1 amide bonds. The number of anilines is 1. The maximum absolute atomic E-state index is 13.2. The summed E-state index contributed by atoms with van der Waals surface area (Å²) in [5, 5.41) is 5.97. The van der Waals surface area contributed by atoms with Crippen LogP contribution in [0.2, 0.25) is 0 Å². The summed E-state index contributed by atoms with van der Waals surface area (Å²) in [6, 6.07) is 2.83. The fourth-order valence-corrected chi connectivity index (χ4v) is 1.17. The first-order chi connectivity index (χ1) is 7.66. The molecule has 0 atom stereocenters. The van der Waals surface area contributed by atoms with E-state index in [-0.39, 0.29) is 11.4 Å². The molecular weight excluding hydrogens is 213 g/mol. The zero-order valence-corrected chi connectivity index (χ0v) is 8.40. The summed E-state index contributed by atoms with van der Waals surface area (Å²) in [6.07, 6.45) is 2.31. The van der Waals surface area contributed by atoms with Crippen LogP contribution in [0.3, 0.4) is 0 Å². The number of amides is 1. The Bertz CT molecular complexity index is 524. The highest BCUT2D eigenvalue weighted by Gasteiger charge is 2.12. The van der Waals surface area contributed by atoms with Crippen LogP contribution in [-0.4, -0.2) is 16.0 Å². The highest BCUT2D eigenvalue weighted by Crippen LogP contribution is 2.10. The van der Waals surface area contributed by atoms with E-state index in [1.54, 1.807) is 6.92 Å². The van der Waals surface area contributed by atoms with E-state index in [1.807, 2.05) is 0 Å². The molecule has 6 heteroatoms. The van der Waals surface area contributed by atoms with Crippen molar-refractivity contribution < 1.29 is 13.7 Å². The van der Waals surface area contributed by atoms with Crippen molar-refractivity contribution in [2.45, 2.75) is 6.92 Å². The van der Waals surface area contributed by atoms with Gasteiger partial charge in [-0.3, -0.25) is 9.78 Å². The van der Waals surface area contributed by atoms with Gasteiger partial charge in [-0.1, -0.05) is 5.16 Å². The van der Waals surface area contributed by atoms with Gasteiger partial charge in [0.25, 0.3) is 5.91 Å². The molecule has 0 fully saturated rings. The summed E-state index contributed by atoms with van der Waals surface area (Å²) in [4.78, 5) is 15.1. The van der Waals surface area contributed by atoms with Crippen LogP contribution < -0.4 is 5.32 Å². The Morgan fingerprint density at radius 1 is 1.56 bits per heavy atom. The highest BCUT2D eigenvalue weighted by atomic mass is 19.1. The maximum Gasteiger partial charge on any atom is 0.259 e. The van der Waals surface area contributed by atoms with Crippen molar-refractivity contribution in [2.24, 2.45) is 0 Å². The third kappa shape index (κ3) is 2.05. The minimum absolute atomic E-state index is 0.0874. The Kier molecular flexibility index (Phi) is 2.63. The van der Waals surface area contributed by atoms with Crippen molar-refractivity contribution in [3.8, 4) is 0 Å². The number of hydrogen-bond acceptors (Lipinski definition) is 4. The van der Waals surface area contributed by atoms with E-state index in [0.717, 1.165) is 6.20 Å². The van der Waals surface area contributed by atoms with Gasteiger partial charge in [0.05, 0.1) is 11.8 Å². The summed E-state index contributed by atoms with van der Waals surface area (Å²) in [6.45, 7) is 1.69. The molecule has 0 saturated heterocycles. The number of nitrogens with one attached hydrogen (secondary N) is 1. The SMILES string of the molecule is Cc1cc(NC(=O)c2ccncc2F)no1. The van der Waals surface area contributed by atoms with Crippen LogP contribution in [0.5, 0.6) is 0 Å². The lowest BCUT2D eigenvalue weighted by Crippen LogP contribution is -2.14. The number of aromatic nitrogens is 2. The second-order valence-corrected chi connectivity index (χ2v) is 3.13. The summed E-state index contributed by atoms with van der Waals surface area (Å²) in [5.41, 5.74) is -0.0874. The van der Waals surface area contributed by atoms with E-state index < -0.39 is 11.7 Å². The fourth-order valence-electron chi connectivity index (χ4n) is 1.17. The second kappa shape index (κ2) is 4.09. The largest absolute Gasteiger partial charge is 0.360 e. The first-order valence-electron chi connectivity index (χ1n) is 4.51. The molecule has 1 N–H and O–H groups in total. The first-order valence-corrected chi connectivity index (χ1v) is 4.51. The Labute approximate surface area is 90.3 Å². The van der Waals surface area contributed by atoms with Gasteiger partial charge in [-0.25, -0.2) is 4.39 Å². The molecule has 82 valence electrons. The van der Waals surface area contributed by atoms with Gasteiger partial charge in [0.2, 0.25) is 0 Å². The van der Waals surface area contributed by atoms with E-state index in [2.05, 4.69) is 15.5 Å². The number of pyridine rings is 1. The Morgan fingerprint density at radius 2 is 2.38 bits per heavy atom. The zero-order chi connectivity index (χ0) is 11.5. The number of halogens is 1. The van der Waals surface area contributed by atoms with Gasteiger partial charge in [-0.05, 0) is 13.0 Å². The van der Waals surface area contributed by atoms with Crippen LogP contribution >= 0.6 is 0 Å². The molecule has 0 aliphatic carbocycles. The van der Waals surface area contributed by atoms with Crippen molar-refractivity contribution >= 4 is 11.7 Å². The lowest BCUT2D eigenvalue weighted by atomic mass is 10.2. The molecule has 0 aromatic carbocycles. The monoisotopic (exact) mass is 221 g/mol. The highest BCUT2D eigenvalue weighted by molar-refractivity contribution is 6.03. The summed E-state index contributed by atoms with van der Waals surface area (Å²) < 4.78 is 17.9. The predicted molar refractivity (Wildman–Crippen MR) is 53.4 cm³/mol. The zero-order valence-electron chi connectivity index (χ0n) is 8.40. The van der Waals surface area contributed by atoms with Crippen molar-refractivity contribution in [3.05, 3.63) is 41.7 Å². The average Bonchev–Trinajstić information content (AvgIpc) is 2.64. The summed E-state index contributed by atoms with van der Waals surface area (Å²) in [5.74, 6) is -0.461. The number of nitrogens with zero attached hydrogens (tertiary/aromatic N) is 2. The number of aryl methyl sites for hydroxylation is 1. The number of hydrogen-bond donors (Lipinski definition) is 1. The topological polar surface area (TPSA) is 68.0 Å². The van der Waals surface area contributed by atoms with Crippen LogP contribution in [0.15, 0.2) is 29.0 Å². The number of rotatable bonds is 2. The lowest BCUT2D eigenvalue weighted by Gasteiger charge is -2.01.